The van der Waals surface area contributed by atoms with Gasteiger partial charge in [-0.05, 0) is 32.5 Å². The summed E-state index contributed by atoms with van der Waals surface area (Å²) in [4.78, 5) is 28.4. The van der Waals surface area contributed by atoms with Crippen molar-refractivity contribution in [2.24, 2.45) is 0 Å². The third-order valence-electron chi connectivity index (χ3n) is 5.86. The van der Waals surface area contributed by atoms with Crippen LogP contribution >= 0.6 is 23.4 Å². The Morgan fingerprint density at radius 2 is 1.78 bits per heavy atom. The minimum atomic E-state index is 0.0754. The van der Waals surface area contributed by atoms with Crippen LogP contribution in [-0.2, 0) is 11.3 Å². The summed E-state index contributed by atoms with van der Waals surface area (Å²) < 4.78 is 0. The summed E-state index contributed by atoms with van der Waals surface area (Å²) in [6, 6.07) is 12.4. The molecule has 1 aromatic heterocycles. The maximum Gasteiger partial charge on any atom is 0.233 e. The van der Waals surface area contributed by atoms with Crippen molar-refractivity contribution >= 4 is 35.1 Å². The van der Waals surface area contributed by atoms with E-state index in [1.807, 2.05) is 43.3 Å². The van der Waals surface area contributed by atoms with E-state index in [0.717, 1.165) is 17.9 Å². The first kappa shape index (κ1) is 24.8. The maximum atomic E-state index is 13.1. The molecule has 1 aliphatic rings. The van der Waals surface area contributed by atoms with Crippen molar-refractivity contribution in [1.82, 2.24) is 19.8 Å². The zero-order chi connectivity index (χ0) is 22.9. The summed E-state index contributed by atoms with van der Waals surface area (Å²) in [7, 11) is 6.12. The number of hydrogen-bond donors (Lipinski definition) is 0. The molecule has 174 valence electrons. The minimum absolute atomic E-state index is 0.0754. The molecule has 1 amide bonds. The van der Waals surface area contributed by atoms with Crippen LogP contribution in [0.1, 0.15) is 37.7 Å². The van der Waals surface area contributed by atoms with E-state index < -0.39 is 0 Å². The molecule has 1 fully saturated rings. The number of carbonyl (C=O) groups excluding carboxylic acids is 1. The molecular weight excluding hydrogens is 442 g/mol. The Kier molecular flexibility index (Phi) is 9.63. The van der Waals surface area contributed by atoms with E-state index >= 15 is 0 Å². The predicted octanol–water partition coefficient (Wildman–Crippen LogP) is 4.58. The molecule has 1 saturated carbocycles. The zero-order valence-corrected chi connectivity index (χ0v) is 20.9. The Labute approximate surface area is 201 Å². The lowest BCUT2D eigenvalue weighted by atomic mass is 9.94. The highest BCUT2D eigenvalue weighted by Gasteiger charge is 2.21. The highest BCUT2D eigenvalue weighted by Crippen LogP contribution is 2.28. The van der Waals surface area contributed by atoms with Crippen LogP contribution in [-0.4, -0.2) is 71.7 Å². The van der Waals surface area contributed by atoms with Crippen LogP contribution in [0.15, 0.2) is 41.6 Å². The van der Waals surface area contributed by atoms with E-state index in [9.17, 15) is 4.79 Å². The van der Waals surface area contributed by atoms with Crippen LogP contribution in [0.4, 0.5) is 5.82 Å². The predicted molar refractivity (Wildman–Crippen MR) is 133 cm³/mol. The Balaban J connectivity index is 1.64. The van der Waals surface area contributed by atoms with Crippen LogP contribution in [0.25, 0.3) is 0 Å². The first-order chi connectivity index (χ1) is 15.4. The van der Waals surface area contributed by atoms with Gasteiger partial charge in [0.25, 0.3) is 0 Å². The van der Waals surface area contributed by atoms with Gasteiger partial charge in [-0.25, -0.2) is 9.97 Å². The number of anilines is 1. The fraction of sp³-hybridized carbons (Fsp3) is 0.542. The number of nitrogens with zero attached hydrogens (tertiary/aromatic N) is 5. The SMILES string of the molecule is CN(C)CCN(Cc1ccccc1)C(=O)CSc1nc(Cl)cc(N(C)C2CCCCC2)n1. The van der Waals surface area contributed by atoms with Gasteiger partial charge in [0.05, 0.1) is 5.75 Å². The van der Waals surface area contributed by atoms with Crippen molar-refractivity contribution in [2.45, 2.75) is 49.8 Å². The summed E-state index contributed by atoms with van der Waals surface area (Å²) in [5.41, 5.74) is 1.13. The lowest BCUT2D eigenvalue weighted by Gasteiger charge is -2.32. The van der Waals surface area contributed by atoms with Crippen LogP contribution in [0.3, 0.4) is 0 Å². The van der Waals surface area contributed by atoms with Crippen LogP contribution in [0.2, 0.25) is 5.15 Å². The third-order valence-corrected chi connectivity index (χ3v) is 6.88. The standard InChI is InChI=1S/C24H34ClN5OS/c1-28(2)14-15-30(17-19-10-6-4-7-11-19)23(31)18-32-24-26-21(25)16-22(27-24)29(3)20-12-8-5-9-13-20/h4,6-7,10-11,16,20H,5,8-9,12-15,17-18H2,1-3H3. The first-order valence-electron chi connectivity index (χ1n) is 11.3. The molecule has 8 heteroatoms. The summed E-state index contributed by atoms with van der Waals surface area (Å²) in [6.07, 6.45) is 6.19. The number of likely N-dealkylation sites (N-methyl/N-ethyl adjacent to an activating group) is 1. The number of carbonyl (C=O) groups is 1. The van der Waals surface area contributed by atoms with E-state index in [-0.39, 0.29) is 11.7 Å². The molecule has 32 heavy (non-hydrogen) atoms. The highest BCUT2D eigenvalue weighted by atomic mass is 35.5. The molecule has 1 aliphatic carbocycles. The first-order valence-corrected chi connectivity index (χ1v) is 12.7. The Hall–Kier alpha value is -1.83. The summed E-state index contributed by atoms with van der Waals surface area (Å²) in [5, 5.41) is 0.970. The van der Waals surface area contributed by atoms with Gasteiger partial charge in [-0.3, -0.25) is 4.79 Å². The molecule has 1 heterocycles. The van der Waals surface area contributed by atoms with Gasteiger partial charge in [0, 0.05) is 38.8 Å². The Morgan fingerprint density at radius 1 is 1.06 bits per heavy atom. The molecule has 0 unspecified atom stereocenters. The lowest BCUT2D eigenvalue weighted by Crippen LogP contribution is -2.37. The molecule has 0 saturated heterocycles. The van der Waals surface area contributed by atoms with E-state index in [4.69, 9.17) is 16.6 Å². The van der Waals surface area contributed by atoms with Crippen molar-refractivity contribution in [2.75, 3.05) is 44.9 Å². The van der Waals surface area contributed by atoms with Crippen molar-refractivity contribution in [3.8, 4) is 0 Å². The van der Waals surface area contributed by atoms with Crippen molar-refractivity contribution in [3.05, 3.63) is 47.1 Å². The second-order valence-electron chi connectivity index (χ2n) is 8.63. The van der Waals surface area contributed by atoms with Gasteiger partial charge in [-0.2, -0.15) is 0 Å². The Bertz CT molecular complexity index is 861. The average Bonchev–Trinajstić information content (AvgIpc) is 2.80. The maximum absolute atomic E-state index is 13.1. The molecule has 1 aromatic carbocycles. The van der Waals surface area contributed by atoms with Gasteiger partial charge in [-0.1, -0.05) is 73.0 Å². The van der Waals surface area contributed by atoms with E-state index in [2.05, 4.69) is 34.0 Å². The fourth-order valence-corrected chi connectivity index (χ4v) is 4.90. The van der Waals surface area contributed by atoms with E-state index in [0.29, 0.717) is 29.4 Å². The zero-order valence-electron chi connectivity index (χ0n) is 19.3. The molecule has 6 nitrogen and oxygen atoms in total. The van der Waals surface area contributed by atoms with Crippen molar-refractivity contribution in [3.63, 3.8) is 0 Å². The molecule has 2 aromatic rings. The van der Waals surface area contributed by atoms with E-state index in [1.165, 1.54) is 43.9 Å². The van der Waals surface area contributed by atoms with Crippen LogP contribution in [0, 0.1) is 0 Å². The van der Waals surface area contributed by atoms with Gasteiger partial charge in [0.2, 0.25) is 5.91 Å². The van der Waals surface area contributed by atoms with Gasteiger partial charge >= 0.3 is 0 Å². The molecule has 0 radical (unpaired) electrons. The van der Waals surface area contributed by atoms with Crippen molar-refractivity contribution < 1.29 is 4.79 Å². The smallest absolute Gasteiger partial charge is 0.233 e. The molecular formula is C24H34ClN5OS. The monoisotopic (exact) mass is 475 g/mol. The molecule has 0 bridgehead atoms. The third kappa shape index (κ3) is 7.64. The molecule has 0 aliphatic heterocycles. The molecule has 0 N–H and O–H groups in total. The molecule has 0 spiro atoms. The normalized spacial score (nSPS) is 14.5. The van der Waals surface area contributed by atoms with Gasteiger partial charge in [0.15, 0.2) is 5.16 Å². The summed E-state index contributed by atoms with van der Waals surface area (Å²) >= 11 is 7.67. The van der Waals surface area contributed by atoms with E-state index in [1.54, 1.807) is 0 Å². The molecule has 0 atom stereocenters. The highest BCUT2D eigenvalue weighted by molar-refractivity contribution is 7.99. The minimum Gasteiger partial charge on any atom is -0.357 e. The Morgan fingerprint density at radius 3 is 2.47 bits per heavy atom. The van der Waals surface area contributed by atoms with Gasteiger partial charge < -0.3 is 14.7 Å². The summed E-state index contributed by atoms with van der Waals surface area (Å²) in [5.74, 6) is 1.19. The van der Waals surface area contributed by atoms with Crippen molar-refractivity contribution in [1.29, 1.82) is 0 Å². The number of benzene rings is 1. The van der Waals surface area contributed by atoms with Gasteiger partial charge in [0.1, 0.15) is 11.0 Å². The number of rotatable bonds is 10. The van der Waals surface area contributed by atoms with Crippen LogP contribution < -0.4 is 4.90 Å². The number of halogens is 1. The second kappa shape index (κ2) is 12.4. The number of aromatic nitrogens is 2. The second-order valence-corrected chi connectivity index (χ2v) is 9.96. The number of amides is 1. The fourth-order valence-electron chi connectivity index (χ4n) is 3.92. The number of hydrogen-bond acceptors (Lipinski definition) is 6. The molecule has 3 rings (SSSR count). The topological polar surface area (TPSA) is 52.6 Å². The largest absolute Gasteiger partial charge is 0.357 e. The van der Waals surface area contributed by atoms with Gasteiger partial charge in [-0.15, -0.1) is 0 Å². The number of thioether (sulfide) groups is 1. The summed E-state index contributed by atoms with van der Waals surface area (Å²) in [6.45, 7) is 2.08. The quantitative estimate of drug-likeness (QED) is 0.285. The lowest BCUT2D eigenvalue weighted by molar-refractivity contribution is -0.129. The average molecular weight is 476 g/mol. The van der Waals surface area contributed by atoms with Crippen LogP contribution in [0.5, 0.6) is 0 Å².